The van der Waals surface area contributed by atoms with Crippen molar-refractivity contribution >= 4 is 28.9 Å². The fourth-order valence-corrected chi connectivity index (χ4v) is 2.02. The van der Waals surface area contributed by atoms with Crippen LogP contribution in [0.4, 0.5) is 11.4 Å². The second-order valence-corrected chi connectivity index (χ2v) is 5.16. The number of hydrogen-bond acceptors (Lipinski definition) is 2. The summed E-state index contributed by atoms with van der Waals surface area (Å²) in [6.45, 7) is 1.93. The van der Waals surface area contributed by atoms with Gasteiger partial charge in [0.05, 0.1) is 0 Å². The molecule has 0 bridgehead atoms. The van der Waals surface area contributed by atoms with Crippen LogP contribution >= 0.6 is 11.6 Å². The topological polar surface area (TPSA) is 55.1 Å². The van der Waals surface area contributed by atoms with E-state index in [0.717, 1.165) is 22.5 Å². The van der Waals surface area contributed by atoms with Crippen molar-refractivity contribution in [2.24, 2.45) is 0 Å². The number of aryl methyl sites for hydroxylation is 2. The molecule has 0 unspecified atom stereocenters. The van der Waals surface area contributed by atoms with Crippen LogP contribution in [0.1, 0.15) is 17.5 Å². The first-order chi connectivity index (χ1) is 9.54. The fraction of sp³-hybridized carbons (Fsp3) is 0.188. The van der Waals surface area contributed by atoms with Crippen molar-refractivity contribution in [3.8, 4) is 0 Å². The van der Waals surface area contributed by atoms with Gasteiger partial charge in [-0.1, -0.05) is 29.8 Å². The molecule has 1 amide bonds. The highest BCUT2D eigenvalue weighted by atomic mass is 35.5. The quantitative estimate of drug-likeness (QED) is 0.841. The van der Waals surface area contributed by atoms with Gasteiger partial charge in [-0.05, 0) is 48.7 Å². The van der Waals surface area contributed by atoms with Crippen LogP contribution in [0.15, 0.2) is 42.5 Å². The SMILES string of the molecule is Cc1ccc(NC(=O)CCc2ccc(N)cc2)cc1Cl. The maximum atomic E-state index is 11.9. The van der Waals surface area contributed by atoms with E-state index in [1.54, 1.807) is 6.07 Å². The number of halogens is 1. The molecule has 0 aliphatic heterocycles. The van der Waals surface area contributed by atoms with Crippen molar-refractivity contribution in [1.29, 1.82) is 0 Å². The number of amides is 1. The van der Waals surface area contributed by atoms with Crippen molar-refractivity contribution in [3.05, 3.63) is 58.6 Å². The lowest BCUT2D eigenvalue weighted by Crippen LogP contribution is -2.12. The second-order valence-electron chi connectivity index (χ2n) is 4.75. The van der Waals surface area contributed by atoms with E-state index in [0.29, 0.717) is 17.9 Å². The van der Waals surface area contributed by atoms with Crippen LogP contribution in [0.5, 0.6) is 0 Å². The Labute approximate surface area is 123 Å². The average Bonchev–Trinajstić information content (AvgIpc) is 2.42. The Bertz CT molecular complexity index is 608. The molecule has 2 aromatic rings. The zero-order chi connectivity index (χ0) is 14.5. The summed E-state index contributed by atoms with van der Waals surface area (Å²) in [4.78, 5) is 11.9. The Kier molecular flexibility index (Phi) is 4.64. The van der Waals surface area contributed by atoms with E-state index in [9.17, 15) is 4.79 Å². The Balaban J connectivity index is 1.89. The number of carbonyl (C=O) groups is 1. The molecular weight excluding hydrogens is 272 g/mol. The van der Waals surface area contributed by atoms with Crippen molar-refractivity contribution in [2.75, 3.05) is 11.1 Å². The maximum absolute atomic E-state index is 11.9. The van der Waals surface area contributed by atoms with Crippen LogP contribution in [-0.4, -0.2) is 5.91 Å². The normalized spacial score (nSPS) is 10.3. The van der Waals surface area contributed by atoms with Crippen LogP contribution in [0.25, 0.3) is 0 Å². The van der Waals surface area contributed by atoms with Gasteiger partial charge < -0.3 is 11.1 Å². The number of hydrogen-bond donors (Lipinski definition) is 2. The minimum atomic E-state index is -0.0262. The number of nitrogen functional groups attached to an aromatic ring is 1. The van der Waals surface area contributed by atoms with Crippen LogP contribution < -0.4 is 11.1 Å². The minimum Gasteiger partial charge on any atom is -0.399 e. The summed E-state index contributed by atoms with van der Waals surface area (Å²) in [7, 11) is 0. The smallest absolute Gasteiger partial charge is 0.224 e. The third kappa shape index (κ3) is 4.00. The molecule has 3 nitrogen and oxygen atoms in total. The molecule has 3 N–H and O–H groups in total. The molecule has 4 heteroatoms. The number of rotatable bonds is 4. The van der Waals surface area contributed by atoms with Gasteiger partial charge in [-0.15, -0.1) is 0 Å². The van der Waals surface area contributed by atoms with E-state index in [1.165, 1.54) is 0 Å². The van der Waals surface area contributed by atoms with E-state index < -0.39 is 0 Å². The van der Waals surface area contributed by atoms with Crippen molar-refractivity contribution < 1.29 is 4.79 Å². The molecule has 0 saturated heterocycles. The van der Waals surface area contributed by atoms with E-state index in [2.05, 4.69) is 5.32 Å². The van der Waals surface area contributed by atoms with Gasteiger partial charge in [0.25, 0.3) is 0 Å². The first-order valence-corrected chi connectivity index (χ1v) is 6.83. The molecule has 104 valence electrons. The molecule has 0 saturated carbocycles. The lowest BCUT2D eigenvalue weighted by Gasteiger charge is -2.07. The minimum absolute atomic E-state index is 0.0262. The lowest BCUT2D eigenvalue weighted by molar-refractivity contribution is -0.116. The number of nitrogens with two attached hydrogens (primary N) is 1. The van der Waals surface area contributed by atoms with E-state index in [4.69, 9.17) is 17.3 Å². The molecule has 0 radical (unpaired) electrons. The predicted molar refractivity (Wildman–Crippen MR) is 84.0 cm³/mol. The molecule has 0 aliphatic rings. The van der Waals surface area contributed by atoms with Crippen molar-refractivity contribution in [3.63, 3.8) is 0 Å². The highest BCUT2D eigenvalue weighted by Gasteiger charge is 2.04. The summed E-state index contributed by atoms with van der Waals surface area (Å²) in [6.07, 6.45) is 1.11. The summed E-state index contributed by atoms with van der Waals surface area (Å²) in [5.41, 5.74) is 9.16. The van der Waals surface area contributed by atoms with Crippen LogP contribution in [0.3, 0.4) is 0 Å². The lowest BCUT2D eigenvalue weighted by atomic mass is 10.1. The maximum Gasteiger partial charge on any atom is 0.224 e. The Morgan fingerprint density at radius 1 is 1.20 bits per heavy atom. The monoisotopic (exact) mass is 288 g/mol. The largest absolute Gasteiger partial charge is 0.399 e. The van der Waals surface area contributed by atoms with Gasteiger partial charge in [-0.2, -0.15) is 0 Å². The molecule has 2 rings (SSSR count). The molecule has 20 heavy (non-hydrogen) atoms. The first kappa shape index (κ1) is 14.4. The number of anilines is 2. The van der Waals surface area contributed by atoms with Crippen LogP contribution in [0, 0.1) is 6.92 Å². The van der Waals surface area contributed by atoms with Crippen LogP contribution in [0.2, 0.25) is 5.02 Å². The van der Waals surface area contributed by atoms with E-state index >= 15 is 0 Å². The third-order valence-corrected chi connectivity index (χ3v) is 3.48. The molecule has 0 heterocycles. The molecule has 2 aromatic carbocycles. The highest BCUT2D eigenvalue weighted by molar-refractivity contribution is 6.31. The predicted octanol–water partition coefficient (Wildman–Crippen LogP) is 3.80. The summed E-state index contributed by atoms with van der Waals surface area (Å²) < 4.78 is 0. The molecule has 0 aromatic heterocycles. The average molecular weight is 289 g/mol. The zero-order valence-electron chi connectivity index (χ0n) is 11.3. The Morgan fingerprint density at radius 3 is 2.55 bits per heavy atom. The molecular formula is C16H17ClN2O. The third-order valence-electron chi connectivity index (χ3n) is 3.08. The van der Waals surface area contributed by atoms with E-state index in [-0.39, 0.29) is 5.91 Å². The number of nitrogens with one attached hydrogen (secondary N) is 1. The molecule has 0 aliphatic carbocycles. The highest BCUT2D eigenvalue weighted by Crippen LogP contribution is 2.20. The van der Waals surface area contributed by atoms with Gasteiger partial charge in [0.1, 0.15) is 0 Å². The number of carbonyl (C=O) groups excluding carboxylic acids is 1. The van der Waals surface area contributed by atoms with Crippen molar-refractivity contribution in [2.45, 2.75) is 19.8 Å². The summed E-state index contributed by atoms with van der Waals surface area (Å²) in [5, 5.41) is 3.50. The first-order valence-electron chi connectivity index (χ1n) is 6.45. The van der Waals surface area contributed by atoms with Crippen LogP contribution in [-0.2, 0) is 11.2 Å². The van der Waals surface area contributed by atoms with Gasteiger partial charge in [0, 0.05) is 22.8 Å². The molecule has 0 atom stereocenters. The molecule has 0 spiro atoms. The van der Waals surface area contributed by atoms with Gasteiger partial charge in [0.15, 0.2) is 0 Å². The second kappa shape index (κ2) is 6.44. The Morgan fingerprint density at radius 2 is 1.90 bits per heavy atom. The van der Waals surface area contributed by atoms with Gasteiger partial charge >= 0.3 is 0 Å². The fourth-order valence-electron chi connectivity index (χ4n) is 1.84. The van der Waals surface area contributed by atoms with Gasteiger partial charge in [-0.25, -0.2) is 0 Å². The summed E-state index contributed by atoms with van der Waals surface area (Å²) in [6, 6.07) is 13.1. The van der Waals surface area contributed by atoms with Gasteiger partial charge in [-0.3, -0.25) is 4.79 Å². The van der Waals surface area contributed by atoms with Crippen molar-refractivity contribution in [1.82, 2.24) is 0 Å². The molecule has 0 fully saturated rings. The summed E-state index contributed by atoms with van der Waals surface area (Å²) in [5.74, 6) is -0.0262. The van der Waals surface area contributed by atoms with E-state index in [1.807, 2.05) is 43.3 Å². The standard InChI is InChI=1S/C16H17ClN2O/c1-11-2-8-14(10-15(11)17)19-16(20)9-5-12-3-6-13(18)7-4-12/h2-4,6-8,10H,5,9,18H2,1H3,(H,19,20). The van der Waals surface area contributed by atoms with Gasteiger partial charge in [0.2, 0.25) is 5.91 Å². The Hall–Kier alpha value is -2.00. The zero-order valence-corrected chi connectivity index (χ0v) is 12.1. The summed E-state index contributed by atoms with van der Waals surface area (Å²) >= 11 is 6.02. The number of benzene rings is 2.